The molecule has 0 radical (unpaired) electrons. The maximum Gasteiger partial charge on any atom is 0.317 e. The fourth-order valence-corrected chi connectivity index (χ4v) is 6.59. The highest BCUT2D eigenvalue weighted by atomic mass is 32.1. The molecule has 2 fully saturated rings. The van der Waals surface area contributed by atoms with Crippen molar-refractivity contribution < 1.29 is 9.18 Å². The average Bonchev–Trinajstić information content (AvgIpc) is 3.32. The SMILES string of the molecule is CCc1nc2sc(N3CCC(N(C)C(=O)NC4CC4)C3)nn2c1N(C)c1nc(-c2ccc(F)cc2)c(C#N)s1. The fourth-order valence-electron chi connectivity index (χ4n) is 4.79. The minimum Gasteiger partial charge on any atom is -0.345 e. The van der Waals surface area contributed by atoms with Crippen LogP contribution in [0.5, 0.6) is 0 Å². The first kappa shape index (κ1) is 25.5. The van der Waals surface area contributed by atoms with E-state index in [4.69, 9.17) is 15.1 Å². The molecule has 3 aromatic heterocycles. The Bertz CT molecular complexity index is 1570. The molecule has 1 aliphatic carbocycles. The van der Waals surface area contributed by atoms with Crippen LogP contribution in [0.1, 0.15) is 36.8 Å². The van der Waals surface area contributed by atoms with Gasteiger partial charge in [0.2, 0.25) is 10.1 Å². The Balaban J connectivity index is 1.27. The normalized spacial score (nSPS) is 17.0. The number of imidazole rings is 1. The summed E-state index contributed by atoms with van der Waals surface area (Å²) < 4.78 is 15.3. The van der Waals surface area contributed by atoms with Crippen molar-refractivity contribution in [3.63, 3.8) is 0 Å². The summed E-state index contributed by atoms with van der Waals surface area (Å²) in [6, 6.07) is 8.68. The third-order valence-corrected chi connectivity index (χ3v) is 9.23. The lowest BCUT2D eigenvalue weighted by Crippen LogP contribution is -2.45. The molecular formula is C26H28FN9OS2. The number of aromatic nitrogens is 4. The number of nitrogens with zero attached hydrogens (tertiary/aromatic N) is 8. The summed E-state index contributed by atoms with van der Waals surface area (Å²) in [4.78, 5) is 29.3. The number of carbonyl (C=O) groups is 1. The van der Waals surface area contributed by atoms with E-state index >= 15 is 0 Å². The standard InChI is InChI=1S/C26H28FN9OS2/c1-4-19-22(34(3)24-31-21(20(13-28)38-24)15-5-7-16(27)8-6-15)36-25(30-19)39-26(32-36)35-12-11-18(14-35)33(2)23(37)29-17-9-10-17/h5-8,17-18H,4,9-12,14H2,1-3H3,(H,29,37). The molecule has 1 saturated heterocycles. The number of anilines is 3. The first-order valence-corrected chi connectivity index (χ1v) is 14.6. The molecule has 202 valence electrons. The minimum atomic E-state index is -0.337. The van der Waals surface area contributed by atoms with E-state index in [0.29, 0.717) is 33.7 Å². The van der Waals surface area contributed by atoms with Crippen molar-refractivity contribution in [3.8, 4) is 17.3 Å². The smallest absolute Gasteiger partial charge is 0.317 e. The van der Waals surface area contributed by atoms with Crippen LogP contribution < -0.4 is 15.1 Å². The summed E-state index contributed by atoms with van der Waals surface area (Å²) in [6.07, 6.45) is 3.72. The van der Waals surface area contributed by atoms with Gasteiger partial charge in [-0.3, -0.25) is 0 Å². The Kier molecular flexibility index (Phi) is 6.60. The second-order valence-electron chi connectivity index (χ2n) is 9.89. The molecule has 10 nitrogen and oxygen atoms in total. The van der Waals surface area contributed by atoms with E-state index in [1.807, 2.05) is 35.3 Å². The van der Waals surface area contributed by atoms with E-state index in [2.05, 4.69) is 16.3 Å². The molecule has 13 heteroatoms. The highest BCUT2D eigenvalue weighted by molar-refractivity contribution is 7.20. The van der Waals surface area contributed by atoms with E-state index in [-0.39, 0.29) is 17.9 Å². The molecule has 2 aliphatic rings. The third kappa shape index (κ3) is 4.79. The zero-order valence-electron chi connectivity index (χ0n) is 21.9. The Morgan fingerprint density at radius 3 is 2.67 bits per heavy atom. The van der Waals surface area contributed by atoms with Crippen LogP contribution in [-0.2, 0) is 6.42 Å². The molecule has 1 aliphatic heterocycles. The molecule has 0 bridgehead atoms. The van der Waals surface area contributed by atoms with Gasteiger partial charge in [-0.25, -0.2) is 19.2 Å². The number of halogens is 1. The van der Waals surface area contributed by atoms with Crippen LogP contribution in [0.3, 0.4) is 0 Å². The molecule has 4 heterocycles. The molecule has 1 N–H and O–H groups in total. The van der Waals surface area contributed by atoms with Crippen LogP contribution in [0.15, 0.2) is 24.3 Å². The van der Waals surface area contributed by atoms with E-state index in [1.54, 1.807) is 12.1 Å². The summed E-state index contributed by atoms with van der Waals surface area (Å²) in [5, 5.41) is 19.2. The van der Waals surface area contributed by atoms with Crippen molar-refractivity contribution in [2.24, 2.45) is 0 Å². The molecular weight excluding hydrogens is 537 g/mol. The average molecular weight is 566 g/mol. The lowest BCUT2D eigenvalue weighted by Gasteiger charge is -2.25. The first-order valence-electron chi connectivity index (χ1n) is 12.9. The molecule has 0 spiro atoms. The van der Waals surface area contributed by atoms with Gasteiger partial charge >= 0.3 is 6.03 Å². The molecule has 1 unspecified atom stereocenters. The number of nitriles is 1. The van der Waals surface area contributed by atoms with Gasteiger partial charge < -0.3 is 20.0 Å². The van der Waals surface area contributed by atoms with Gasteiger partial charge in [-0.05, 0) is 49.9 Å². The lowest BCUT2D eigenvalue weighted by atomic mass is 10.1. The summed E-state index contributed by atoms with van der Waals surface area (Å²) in [5.74, 6) is 0.464. The molecule has 39 heavy (non-hydrogen) atoms. The lowest BCUT2D eigenvalue weighted by molar-refractivity contribution is 0.194. The summed E-state index contributed by atoms with van der Waals surface area (Å²) in [5.41, 5.74) is 2.10. The van der Waals surface area contributed by atoms with Crippen LogP contribution in [0.25, 0.3) is 16.2 Å². The van der Waals surface area contributed by atoms with Crippen LogP contribution in [-0.4, -0.2) is 69.8 Å². The number of benzene rings is 1. The van der Waals surface area contributed by atoms with Gasteiger partial charge in [-0.2, -0.15) is 9.78 Å². The number of hydrogen-bond acceptors (Lipinski definition) is 9. The van der Waals surface area contributed by atoms with Crippen molar-refractivity contribution >= 4 is 49.7 Å². The molecule has 1 saturated carbocycles. The van der Waals surface area contributed by atoms with Gasteiger partial charge in [0.15, 0.2) is 10.9 Å². The van der Waals surface area contributed by atoms with E-state index in [0.717, 1.165) is 54.0 Å². The molecule has 2 amide bonds. The maximum absolute atomic E-state index is 13.5. The minimum absolute atomic E-state index is 0.00465. The van der Waals surface area contributed by atoms with Crippen molar-refractivity contribution in [2.75, 3.05) is 37.0 Å². The third-order valence-electron chi connectivity index (χ3n) is 7.22. The van der Waals surface area contributed by atoms with Gasteiger partial charge in [-0.15, -0.1) is 5.10 Å². The van der Waals surface area contributed by atoms with Gasteiger partial charge in [0.05, 0.1) is 11.7 Å². The highest BCUT2D eigenvalue weighted by Gasteiger charge is 2.33. The highest BCUT2D eigenvalue weighted by Crippen LogP contribution is 2.38. The van der Waals surface area contributed by atoms with E-state index in [9.17, 15) is 14.4 Å². The predicted octanol–water partition coefficient (Wildman–Crippen LogP) is 4.64. The number of aryl methyl sites for hydroxylation is 1. The second kappa shape index (κ2) is 10.1. The van der Waals surface area contributed by atoms with Crippen LogP contribution in [0, 0.1) is 17.1 Å². The van der Waals surface area contributed by atoms with Gasteiger partial charge in [0.25, 0.3) is 0 Å². The molecule has 1 atom stereocenters. The summed E-state index contributed by atoms with van der Waals surface area (Å²) >= 11 is 2.81. The topological polar surface area (TPSA) is 106 Å². The molecule has 6 rings (SSSR count). The van der Waals surface area contributed by atoms with Crippen molar-refractivity contribution in [1.82, 2.24) is 29.8 Å². The number of carbonyl (C=O) groups excluding carboxylic acids is 1. The monoisotopic (exact) mass is 565 g/mol. The number of likely N-dealkylation sites (N-methyl/N-ethyl adjacent to an activating group) is 1. The summed E-state index contributed by atoms with van der Waals surface area (Å²) in [6.45, 7) is 3.58. The fraction of sp³-hybridized carbons (Fsp3) is 0.423. The zero-order chi connectivity index (χ0) is 27.3. The van der Waals surface area contributed by atoms with Gasteiger partial charge in [0.1, 0.15) is 22.5 Å². The van der Waals surface area contributed by atoms with Gasteiger partial charge in [-0.1, -0.05) is 29.6 Å². The Labute approximate surface area is 233 Å². The van der Waals surface area contributed by atoms with Crippen molar-refractivity contribution in [1.29, 1.82) is 5.26 Å². The first-order chi connectivity index (χ1) is 18.9. The predicted molar refractivity (Wildman–Crippen MR) is 150 cm³/mol. The van der Waals surface area contributed by atoms with Crippen LogP contribution >= 0.6 is 22.7 Å². The Morgan fingerprint density at radius 2 is 1.97 bits per heavy atom. The number of thiazole rings is 1. The Hall–Kier alpha value is -3.76. The number of nitrogens with one attached hydrogen (secondary N) is 1. The van der Waals surface area contributed by atoms with E-state index < -0.39 is 0 Å². The van der Waals surface area contributed by atoms with Crippen LogP contribution in [0.4, 0.5) is 25.3 Å². The molecule has 1 aromatic carbocycles. The van der Waals surface area contributed by atoms with Gasteiger partial charge in [0, 0.05) is 38.8 Å². The van der Waals surface area contributed by atoms with Crippen LogP contribution in [0.2, 0.25) is 0 Å². The quantitative estimate of drug-likeness (QED) is 0.348. The zero-order valence-corrected chi connectivity index (χ0v) is 23.5. The number of urea groups is 1. The van der Waals surface area contributed by atoms with Crippen molar-refractivity contribution in [3.05, 3.63) is 40.7 Å². The molecule has 4 aromatic rings. The Morgan fingerprint density at radius 1 is 1.21 bits per heavy atom. The maximum atomic E-state index is 13.5. The van der Waals surface area contributed by atoms with E-state index in [1.165, 1.54) is 34.8 Å². The number of hydrogen-bond donors (Lipinski definition) is 1. The van der Waals surface area contributed by atoms with Crippen molar-refractivity contribution in [2.45, 2.75) is 44.7 Å². The number of fused-ring (bicyclic) bond motifs is 1. The largest absolute Gasteiger partial charge is 0.345 e. The number of rotatable bonds is 7. The number of amides is 2. The second-order valence-corrected chi connectivity index (χ2v) is 11.8. The summed E-state index contributed by atoms with van der Waals surface area (Å²) in [7, 11) is 3.76.